The molecule has 0 spiro atoms. The number of hydrogen-bond acceptors (Lipinski definition) is 2. The Hall–Kier alpha value is -6.12. The minimum absolute atomic E-state index is 0.0534. The molecule has 0 saturated carbocycles. The maximum atomic E-state index is 5.21. The molecule has 2 heteroatoms. The van der Waals surface area contributed by atoms with E-state index in [0.29, 0.717) is 5.82 Å². The van der Waals surface area contributed by atoms with Crippen LogP contribution in [0.25, 0.3) is 78.1 Å². The Balaban J connectivity index is 1.22. The summed E-state index contributed by atoms with van der Waals surface area (Å²) in [6.07, 6.45) is 0. The molecule has 0 radical (unpaired) electrons. The van der Waals surface area contributed by atoms with E-state index in [2.05, 4.69) is 159 Å². The van der Waals surface area contributed by atoms with Crippen molar-refractivity contribution in [1.29, 1.82) is 0 Å². The zero-order valence-corrected chi connectivity index (χ0v) is 27.6. The van der Waals surface area contributed by atoms with Gasteiger partial charge in [-0.05, 0) is 61.3 Å². The number of aromatic nitrogens is 2. The molecule has 1 heterocycles. The van der Waals surface area contributed by atoms with E-state index >= 15 is 0 Å². The molecule has 0 aliphatic heterocycles. The Morgan fingerprint density at radius 2 is 0.898 bits per heavy atom. The van der Waals surface area contributed by atoms with Crippen molar-refractivity contribution in [3.8, 4) is 67.3 Å². The molecule has 0 unspecified atom stereocenters. The number of benzene rings is 7. The first-order valence-corrected chi connectivity index (χ1v) is 16.9. The molecule has 2 nitrogen and oxygen atoms in total. The van der Waals surface area contributed by atoms with Gasteiger partial charge < -0.3 is 0 Å². The van der Waals surface area contributed by atoms with Crippen molar-refractivity contribution in [2.75, 3.05) is 0 Å². The summed E-state index contributed by atoms with van der Waals surface area (Å²) in [5.41, 5.74) is 15.2. The molecule has 0 saturated heterocycles. The smallest absolute Gasteiger partial charge is 0.160 e. The SMILES string of the molecule is CC1(C)c2ccccc2-c2c(-c3ccc(-c4cc(-c5ccc(-c6ccccc6)cc5)nc(-c5ccccc5)n4)c4ccccc34)cccc21. The summed E-state index contributed by atoms with van der Waals surface area (Å²) in [5.74, 6) is 0.716. The lowest BCUT2D eigenvalue weighted by Gasteiger charge is -2.22. The van der Waals surface area contributed by atoms with Gasteiger partial charge in [0.2, 0.25) is 0 Å². The molecule has 0 fully saturated rings. The van der Waals surface area contributed by atoms with Gasteiger partial charge >= 0.3 is 0 Å². The number of hydrogen-bond donors (Lipinski definition) is 0. The normalized spacial score (nSPS) is 12.9. The van der Waals surface area contributed by atoms with Crippen LogP contribution in [0.2, 0.25) is 0 Å². The van der Waals surface area contributed by atoms with Gasteiger partial charge in [0.05, 0.1) is 11.4 Å². The van der Waals surface area contributed by atoms with Gasteiger partial charge in [0, 0.05) is 22.1 Å². The lowest BCUT2D eigenvalue weighted by molar-refractivity contribution is 0.660. The van der Waals surface area contributed by atoms with Gasteiger partial charge in [0.1, 0.15) is 0 Å². The number of nitrogens with zero attached hydrogens (tertiary/aromatic N) is 2. The standard InChI is InChI=1S/C47H34N2/c1-47(2)41-22-12-11-20-40(41)45-39(21-13-23-42(45)47)37-28-29-38(36-19-10-9-18-35(36)37)44-30-43(48-46(49-44)34-16-7-4-8-17-34)33-26-24-32(25-27-33)31-14-5-3-6-15-31/h3-30H,1-2H3. The largest absolute Gasteiger partial charge is 0.228 e. The molecular weight excluding hydrogens is 593 g/mol. The van der Waals surface area contributed by atoms with Crippen LogP contribution in [-0.4, -0.2) is 9.97 Å². The van der Waals surface area contributed by atoms with E-state index in [1.54, 1.807) is 0 Å². The second-order valence-electron chi connectivity index (χ2n) is 13.4. The molecule has 1 aliphatic carbocycles. The molecule has 49 heavy (non-hydrogen) atoms. The predicted molar refractivity (Wildman–Crippen MR) is 204 cm³/mol. The molecule has 1 aliphatic rings. The summed E-state index contributed by atoms with van der Waals surface area (Å²) in [4.78, 5) is 10.3. The quantitative estimate of drug-likeness (QED) is 0.190. The van der Waals surface area contributed by atoms with Crippen molar-refractivity contribution in [2.45, 2.75) is 19.3 Å². The molecule has 0 N–H and O–H groups in total. The maximum absolute atomic E-state index is 5.21. The van der Waals surface area contributed by atoms with Crippen LogP contribution in [0.4, 0.5) is 0 Å². The molecule has 9 rings (SSSR count). The lowest BCUT2D eigenvalue weighted by Crippen LogP contribution is -2.14. The second kappa shape index (κ2) is 11.5. The highest BCUT2D eigenvalue weighted by atomic mass is 14.9. The van der Waals surface area contributed by atoms with E-state index < -0.39 is 0 Å². The van der Waals surface area contributed by atoms with Gasteiger partial charge in [-0.1, -0.05) is 178 Å². The van der Waals surface area contributed by atoms with E-state index in [0.717, 1.165) is 28.1 Å². The predicted octanol–water partition coefficient (Wildman–Crippen LogP) is 12.3. The van der Waals surface area contributed by atoms with Gasteiger partial charge in [-0.3, -0.25) is 0 Å². The van der Waals surface area contributed by atoms with Gasteiger partial charge in [0.15, 0.2) is 5.82 Å². The third kappa shape index (κ3) is 4.88. The Labute approximate surface area is 287 Å². The van der Waals surface area contributed by atoms with Gasteiger partial charge in [-0.15, -0.1) is 0 Å². The number of rotatable bonds is 5. The van der Waals surface area contributed by atoms with Crippen LogP contribution in [-0.2, 0) is 5.41 Å². The monoisotopic (exact) mass is 626 g/mol. The Morgan fingerprint density at radius 3 is 1.65 bits per heavy atom. The van der Waals surface area contributed by atoms with Gasteiger partial charge in [-0.2, -0.15) is 0 Å². The van der Waals surface area contributed by atoms with Crippen LogP contribution in [0, 0.1) is 0 Å². The van der Waals surface area contributed by atoms with E-state index in [1.165, 1.54) is 55.3 Å². The fourth-order valence-corrected chi connectivity index (χ4v) is 7.65. The van der Waals surface area contributed by atoms with Gasteiger partial charge in [0.25, 0.3) is 0 Å². The third-order valence-electron chi connectivity index (χ3n) is 10.1. The first-order chi connectivity index (χ1) is 24.1. The zero-order chi connectivity index (χ0) is 33.0. The van der Waals surface area contributed by atoms with Crippen molar-refractivity contribution in [3.63, 3.8) is 0 Å². The first-order valence-electron chi connectivity index (χ1n) is 16.9. The molecule has 8 aromatic rings. The molecular formula is C47H34N2. The first kappa shape index (κ1) is 29.1. The second-order valence-corrected chi connectivity index (χ2v) is 13.4. The summed E-state index contributed by atoms with van der Waals surface area (Å²) in [7, 11) is 0. The molecule has 1 aromatic heterocycles. The summed E-state index contributed by atoms with van der Waals surface area (Å²) in [6.45, 7) is 4.68. The third-order valence-corrected chi connectivity index (χ3v) is 10.1. The fourth-order valence-electron chi connectivity index (χ4n) is 7.65. The highest BCUT2D eigenvalue weighted by Gasteiger charge is 2.36. The van der Waals surface area contributed by atoms with Crippen molar-refractivity contribution in [2.24, 2.45) is 0 Å². The van der Waals surface area contributed by atoms with Crippen LogP contribution < -0.4 is 0 Å². The van der Waals surface area contributed by atoms with E-state index in [4.69, 9.17) is 9.97 Å². The van der Waals surface area contributed by atoms with Crippen LogP contribution >= 0.6 is 0 Å². The van der Waals surface area contributed by atoms with E-state index in [-0.39, 0.29) is 5.41 Å². The maximum Gasteiger partial charge on any atom is 0.160 e. The molecule has 0 bridgehead atoms. The minimum Gasteiger partial charge on any atom is -0.228 e. The number of fused-ring (bicyclic) bond motifs is 4. The van der Waals surface area contributed by atoms with Crippen molar-refractivity contribution in [1.82, 2.24) is 9.97 Å². The lowest BCUT2D eigenvalue weighted by atomic mass is 9.81. The van der Waals surface area contributed by atoms with Crippen LogP contribution in [0.15, 0.2) is 170 Å². The Kier molecular flexibility index (Phi) is 6.84. The van der Waals surface area contributed by atoms with Gasteiger partial charge in [-0.25, -0.2) is 9.97 Å². The van der Waals surface area contributed by atoms with Crippen molar-refractivity contribution < 1.29 is 0 Å². The highest BCUT2D eigenvalue weighted by Crippen LogP contribution is 2.52. The Morgan fingerprint density at radius 1 is 0.367 bits per heavy atom. The van der Waals surface area contributed by atoms with Crippen LogP contribution in [0.3, 0.4) is 0 Å². The van der Waals surface area contributed by atoms with Crippen LogP contribution in [0.5, 0.6) is 0 Å². The molecule has 0 amide bonds. The summed E-state index contributed by atoms with van der Waals surface area (Å²) in [5, 5.41) is 2.38. The molecule has 7 aromatic carbocycles. The summed E-state index contributed by atoms with van der Waals surface area (Å²) in [6, 6.07) is 60.6. The summed E-state index contributed by atoms with van der Waals surface area (Å²) < 4.78 is 0. The molecule has 0 atom stereocenters. The van der Waals surface area contributed by atoms with E-state index in [1.807, 2.05) is 24.3 Å². The summed E-state index contributed by atoms with van der Waals surface area (Å²) >= 11 is 0. The average Bonchev–Trinajstić information content (AvgIpc) is 3.41. The van der Waals surface area contributed by atoms with Crippen LogP contribution in [0.1, 0.15) is 25.0 Å². The average molecular weight is 627 g/mol. The topological polar surface area (TPSA) is 25.8 Å². The van der Waals surface area contributed by atoms with Crippen molar-refractivity contribution in [3.05, 3.63) is 181 Å². The Bertz CT molecular complexity index is 2490. The van der Waals surface area contributed by atoms with Crippen molar-refractivity contribution >= 4 is 10.8 Å². The highest BCUT2D eigenvalue weighted by molar-refractivity contribution is 6.08. The molecule has 232 valence electrons. The fraction of sp³-hybridized carbons (Fsp3) is 0.0638. The van der Waals surface area contributed by atoms with E-state index in [9.17, 15) is 0 Å². The minimum atomic E-state index is -0.0534. The zero-order valence-electron chi connectivity index (χ0n) is 27.6.